The zero-order valence-corrected chi connectivity index (χ0v) is 13.9. The van der Waals surface area contributed by atoms with Crippen molar-refractivity contribution in [2.75, 3.05) is 14.2 Å². The van der Waals surface area contributed by atoms with Crippen molar-refractivity contribution in [3.05, 3.63) is 12.7 Å². The largest absolute Gasteiger partial charge is 0.444 e. The number of hydrogen-bond acceptors (Lipinski definition) is 6. The second kappa shape index (κ2) is 6.30. The van der Waals surface area contributed by atoms with Crippen LogP contribution in [0.4, 0.5) is 4.79 Å². The number of amides is 1. The van der Waals surface area contributed by atoms with E-state index in [-0.39, 0.29) is 6.42 Å². The van der Waals surface area contributed by atoms with Gasteiger partial charge in [0.2, 0.25) is 0 Å². The third-order valence-corrected chi connectivity index (χ3v) is 5.16. The third kappa shape index (κ3) is 3.73. The zero-order valence-electron chi connectivity index (χ0n) is 13.0. The third-order valence-electron chi connectivity index (χ3n) is 3.00. The number of carbonyl (C=O) groups excluding carboxylic acids is 2. The molecule has 0 aromatic heterocycles. The van der Waals surface area contributed by atoms with Gasteiger partial charge in [-0.25, -0.2) is 4.79 Å². The van der Waals surface area contributed by atoms with Crippen molar-refractivity contribution < 1.29 is 27.9 Å². The van der Waals surface area contributed by atoms with E-state index < -0.39 is 36.9 Å². The van der Waals surface area contributed by atoms with E-state index in [1.54, 1.807) is 20.8 Å². The first-order valence-electron chi connectivity index (χ1n) is 6.47. The summed E-state index contributed by atoms with van der Waals surface area (Å²) < 4.78 is 27.6. The molecule has 0 aromatic carbocycles. The van der Waals surface area contributed by atoms with Crippen molar-refractivity contribution in [3.63, 3.8) is 0 Å². The standard InChI is InChI=1S/C13H22NO6P/c1-7-9-8-10(15)11(21(17,18-5)19-6)14(9)12(16)20-13(2,3)4/h7,9,11H,1,8H2,2-6H3/t9-,11+/m0/s1. The van der Waals surface area contributed by atoms with E-state index in [0.29, 0.717) is 0 Å². The quantitative estimate of drug-likeness (QED) is 0.585. The van der Waals surface area contributed by atoms with Gasteiger partial charge in [0.05, 0.1) is 6.04 Å². The number of rotatable bonds is 4. The molecule has 0 spiro atoms. The van der Waals surface area contributed by atoms with Gasteiger partial charge in [0.15, 0.2) is 11.6 Å². The molecule has 0 N–H and O–H groups in total. The van der Waals surface area contributed by atoms with E-state index in [1.807, 2.05) is 0 Å². The molecule has 1 fully saturated rings. The van der Waals surface area contributed by atoms with Gasteiger partial charge >= 0.3 is 13.7 Å². The van der Waals surface area contributed by atoms with Gasteiger partial charge in [-0.15, -0.1) is 6.58 Å². The van der Waals surface area contributed by atoms with E-state index in [4.69, 9.17) is 13.8 Å². The van der Waals surface area contributed by atoms with Gasteiger partial charge in [0.1, 0.15) is 5.60 Å². The maximum Gasteiger partial charge on any atom is 0.411 e. The lowest BCUT2D eigenvalue weighted by molar-refractivity contribution is -0.118. The molecule has 2 atom stereocenters. The van der Waals surface area contributed by atoms with Crippen molar-refractivity contribution >= 4 is 19.5 Å². The molecular formula is C13H22NO6P. The molecule has 1 aliphatic heterocycles. The molecule has 0 aromatic rings. The molecule has 8 heteroatoms. The Morgan fingerprint density at radius 3 is 2.29 bits per heavy atom. The number of hydrogen-bond donors (Lipinski definition) is 0. The van der Waals surface area contributed by atoms with Crippen molar-refractivity contribution in [2.24, 2.45) is 0 Å². The van der Waals surface area contributed by atoms with Crippen LogP contribution < -0.4 is 0 Å². The summed E-state index contributed by atoms with van der Waals surface area (Å²) in [6.45, 7) is 8.71. The maximum absolute atomic E-state index is 12.6. The number of ketones is 1. The van der Waals surface area contributed by atoms with Crippen molar-refractivity contribution in [1.82, 2.24) is 4.90 Å². The van der Waals surface area contributed by atoms with Gasteiger partial charge in [-0.05, 0) is 20.8 Å². The Labute approximate surface area is 124 Å². The van der Waals surface area contributed by atoms with Gasteiger partial charge in [-0.2, -0.15) is 0 Å². The van der Waals surface area contributed by atoms with Crippen LogP contribution in [0.5, 0.6) is 0 Å². The van der Waals surface area contributed by atoms with Crippen LogP contribution in [0.1, 0.15) is 27.2 Å². The van der Waals surface area contributed by atoms with E-state index in [1.165, 1.54) is 20.3 Å². The summed E-state index contributed by atoms with van der Waals surface area (Å²) in [7, 11) is -1.44. The summed E-state index contributed by atoms with van der Waals surface area (Å²) in [5.41, 5.74) is -0.747. The highest BCUT2D eigenvalue weighted by molar-refractivity contribution is 7.55. The summed E-state index contributed by atoms with van der Waals surface area (Å²) in [4.78, 5) is 25.6. The summed E-state index contributed by atoms with van der Waals surface area (Å²) >= 11 is 0. The number of nitrogens with zero attached hydrogens (tertiary/aromatic N) is 1. The molecule has 1 heterocycles. The molecular weight excluding hydrogens is 297 g/mol. The van der Waals surface area contributed by atoms with Crippen LogP contribution in [-0.4, -0.2) is 48.4 Å². The number of likely N-dealkylation sites (tertiary alicyclic amines) is 1. The zero-order chi connectivity index (χ0) is 16.4. The molecule has 21 heavy (non-hydrogen) atoms. The van der Waals surface area contributed by atoms with Crippen molar-refractivity contribution in [1.29, 1.82) is 0 Å². The fourth-order valence-corrected chi connectivity index (χ4v) is 3.67. The first-order valence-corrected chi connectivity index (χ1v) is 8.08. The fraction of sp³-hybridized carbons (Fsp3) is 0.692. The van der Waals surface area contributed by atoms with Crippen LogP contribution in [0.15, 0.2) is 12.7 Å². The maximum atomic E-state index is 12.6. The van der Waals surface area contributed by atoms with Crippen LogP contribution in [0.25, 0.3) is 0 Å². The second-order valence-corrected chi connectivity index (χ2v) is 7.94. The SMILES string of the molecule is C=C[C@H]1CC(=O)[C@@H](P(=O)(OC)OC)N1C(=O)OC(C)(C)C. The van der Waals surface area contributed by atoms with Gasteiger partial charge in [-0.1, -0.05) is 6.08 Å². The van der Waals surface area contributed by atoms with E-state index in [2.05, 4.69) is 6.58 Å². The van der Waals surface area contributed by atoms with E-state index >= 15 is 0 Å². The lowest BCUT2D eigenvalue weighted by atomic mass is 10.2. The molecule has 1 saturated heterocycles. The average Bonchev–Trinajstić information content (AvgIpc) is 2.73. The molecule has 0 aliphatic carbocycles. The molecule has 120 valence electrons. The average molecular weight is 319 g/mol. The highest BCUT2D eigenvalue weighted by Gasteiger charge is 2.54. The molecule has 1 amide bonds. The first-order chi connectivity index (χ1) is 9.59. The Hall–Kier alpha value is -1.17. The monoisotopic (exact) mass is 319 g/mol. The van der Waals surface area contributed by atoms with Crippen LogP contribution >= 0.6 is 7.60 Å². The second-order valence-electron chi connectivity index (χ2n) is 5.64. The van der Waals surface area contributed by atoms with Crippen LogP contribution in [0, 0.1) is 0 Å². The minimum Gasteiger partial charge on any atom is -0.444 e. The van der Waals surface area contributed by atoms with Gasteiger partial charge in [0.25, 0.3) is 0 Å². The minimum absolute atomic E-state index is 0.00409. The molecule has 1 rings (SSSR count). The predicted molar refractivity (Wildman–Crippen MR) is 77.1 cm³/mol. The van der Waals surface area contributed by atoms with Crippen molar-refractivity contribution in [3.8, 4) is 0 Å². The summed E-state index contributed by atoms with van der Waals surface area (Å²) in [5.74, 6) is -1.72. The molecule has 7 nitrogen and oxygen atoms in total. The molecule has 1 aliphatic rings. The van der Waals surface area contributed by atoms with Crippen LogP contribution in [0.2, 0.25) is 0 Å². The molecule has 0 unspecified atom stereocenters. The normalized spacial score (nSPS) is 23.3. The van der Waals surface area contributed by atoms with Crippen LogP contribution in [0.3, 0.4) is 0 Å². The van der Waals surface area contributed by atoms with Gasteiger partial charge in [0, 0.05) is 20.6 Å². The number of Topliss-reactive ketones (excluding diaryl/α,β-unsaturated/α-hetero) is 1. The predicted octanol–water partition coefficient (Wildman–Crippen LogP) is 2.56. The Bertz CT molecular complexity index is 476. The molecule has 0 bridgehead atoms. The Kier molecular flexibility index (Phi) is 5.36. The number of carbonyl (C=O) groups is 2. The Morgan fingerprint density at radius 2 is 1.90 bits per heavy atom. The molecule has 0 saturated carbocycles. The van der Waals surface area contributed by atoms with Crippen LogP contribution in [-0.2, 0) is 23.1 Å². The lowest BCUT2D eigenvalue weighted by Gasteiger charge is -2.32. The Morgan fingerprint density at radius 1 is 1.38 bits per heavy atom. The van der Waals surface area contributed by atoms with Gasteiger partial charge < -0.3 is 13.8 Å². The van der Waals surface area contributed by atoms with Gasteiger partial charge in [-0.3, -0.25) is 14.3 Å². The number of ether oxygens (including phenoxy) is 1. The first kappa shape index (κ1) is 17.9. The highest BCUT2D eigenvalue weighted by atomic mass is 31.2. The summed E-state index contributed by atoms with van der Waals surface area (Å²) in [6, 6.07) is -0.601. The Balaban J connectivity index is 3.20. The summed E-state index contributed by atoms with van der Waals surface area (Å²) in [5, 5.41) is 0. The summed E-state index contributed by atoms with van der Waals surface area (Å²) in [6.07, 6.45) is 0.694. The van der Waals surface area contributed by atoms with E-state index in [0.717, 1.165) is 4.90 Å². The highest BCUT2D eigenvalue weighted by Crippen LogP contribution is 2.56. The minimum atomic E-state index is -3.78. The smallest absolute Gasteiger partial charge is 0.411 e. The molecule has 0 radical (unpaired) electrons. The lowest BCUT2D eigenvalue weighted by Crippen LogP contribution is -2.45. The topological polar surface area (TPSA) is 82.1 Å². The fourth-order valence-electron chi connectivity index (χ4n) is 2.10. The van der Waals surface area contributed by atoms with Crippen molar-refractivity contribution in [2.45, 2.75) is 44.6 Å². The van der Waals surface area contributed by atoms with E-state index in [9.17, 15) is 14.2 Å².